The van der Waals surface area contributed by atoms with Crippen molar-refractivity contribution in [1.29, 1.82) is 0 Å². The molecule has 0 amide bonds. The summed E-state index contributed by atoms with van der Waals surface area (Å²) in [5.74, 6) is 0. The van der Waals surface area contributed by atoms with Crippen molar-refractivity contribution in [2.45, 2.75) is 23.6 Å². The van der Waals surface area contributed by atoms with E-state index in [0.29, 0.717) is 9.79 Å². The molecule has 0 saturated carbocycles. The molecule has 24 heavy (non-hydrogen) atoms. The average molecular weight is 448 g/mol. The van der Waals surface area contributed by atoms with E-state index < -0.39 is 9.84 Å². The second-order valence-corrected chi connectivity index (χ2v) is 8.89. The van der Waals surface area contributed by atoms with Crippen LogP contribution < -0.4 is 0 Å². The van der Waals surface area contributed by atoms with Crippen LogP contribution in [0.25, 0.3) is 11.1 Å². The minimum atomic E-state index is -3.50. The minimum Gasteiger partial charge on any atom is -0.219 e. The quantitative estimate of drug-likeness (QED) is 0.503. The Balaban J connectivity index is 2.12. The Morgan fingerprint density at radius 1 is 0.792 bits per heavy atom. The molecule has 2 nitrogen and oxygen atoms in total. The van der Waals surface area contributed by atoms with E-state index in [-0.39, 0.29) is 0 Å². The van der Waals surface area contributed by atoms with Crippen LogP contribution in [0, 0.1) is 17.4 Å². The van der Waals surface area contributed by atoms with Crippen molar-refractivity contribution in [2.75, 3.05) is 0 Å². The number of rotatable bonds is 3. The summed E-state index contributed by atoms with van der Waals surface area (Å²) in [6.45, 7) is 3.90. The van der Waals surface area contributed by atoms with Gasteiger partial charge in [0, 0.05) is 3.57 Å². The second-order valence-electron chi connectivity index (χ2n) is 5.78. The molecule has 0 aliphatic heterocycles. The van der Waals surface area contributed by atoms with Crippen LogP contribution >= 0.6 is 22.6 Å². The summed E-state index contributed by atoms with van der Waals surface area (Å²) in [6.07, 6.45) is 0. The van der Waals surface area contributed by atoms with E-state index in [9.17, 15) is 8.42 Å². The maximum absolute atomic E-state index is 12.9. The van der Waals surface area contributed by atoms with E-state index >= 15 is 0 Å². The molecule has 0 radical (unpaired) electrons. The zero-order chi connectivity index (χ0) is 17.3. The largest absolute Gasteiger partial charge is 0.219 e. The van der Waals surface area contributed by atoms with Crippen LogP contribution in [0.3, 0.4) is 0 Å². The van der Waals surface area contributed by atoms with Crippen molar-refractivity contribution in [3.63, 3.8) is 0 Å². The van der Waals surface area contributed by atoms with Gasteiger partial charge in [-0.2, -0.15) is 0 Å². The first-order chi connectivity index (χ1) is 11.4. The molecule has 0 heterocycles. The molecule has 3 aromatic rings. The third kappa shape index (κ3) is 3.26. The first-order valence-corrected chi connectivity index (χ1v) is 10.1. The van der Waals surface area contributed by atoms with Gasteiger partial charge in [0.25, 0.3) is 0 Å². The molecule has 3 aromatic carbocycles. The van der Waals surface area contributed by atoms with Gasteiger partial charge in [0.05, 0.1) is 9.79 Å². The molecule has 3 rings (SSSR count). The van der Waals surface area contributed by atoms with Crippen molar-refractivity contribution in [1.82, 2.24) is 0 Å². The zero-order valence-corrected chi connectivity index (χ0v) is 16.4. The number of benzene rings is 3. The lowest BCUT2D eigenvalue weighted by Gasteiger charge is -2.13. The lowest BCUT2D eigenvalue weighted by atomic mass is 10.0. The highest BCUT2D eigenvalue weighted by atomic mass is 127. The highest BCUT2D eigenvalue weighted by Crippen LogP contribution is 2.33. The molecule has 0 unspecified atom stereocenters. The zero-order valence-electron chi connectivity index (χ0n) is 13.5. The van der Waals surface area contributed by atoms with Gasteiger partial charge in [-0.1, -0.05) is 48.0 Å². The summed E-state index contributed by atoms with van der Waals surface area (Å²) in [7, 11) is -3.50. The van der Waals surface area contributed by atoms with Crippen LogP contribution in [0.15, 0.2) is 76.5 Å². The number of halogens is 1. The fourth-order valence-corrected chi connectivity index (χ4v) is 5.35. The van der Waals surface area contributed by atoms with Crippen LogP contribution in [0.1, 0.15) is 11.1 Å². The Kier molecular flexibility index (Phi) is 4.78. The summed E-state index contributed by atoms with van der Waals surface area (Å²) in [5.41, 5.74) is 4.18. The van der Waals surface area contributed by atoms with Crippen molar-refractivity contribution >= 4 is 32.4 Å². The third-order valence-corrected chi connectivity index (χ3v) is 6.56. The van der Waals surface area contributed by atoms with Gasteiger partial charge in [0.1, 0.15) is 0 Å². The van der Waals surface area contributed by atoms with E-state index in [1.165, 1.54) is 0 Å². The fraction of sp³-hybridized carbons (Fsp3) is 0.100. The van der Waals surface area contributed by atoms with E-state index in [0.717, 1.165) is 25.8 Å². The normalized spacial score (nSPS) is 11.5. The fourth-order valence-electron chi connectivity index (χ4n) is 2.69. The molecule has 0 bridgehead atoms. The van der Waals surface area contributed by atoms with Gasteiger partial charge >= 0.3 is 0 Å². The predicted octanol–water partition coefficient (Wildman–Crippen LogP) is 5.41. The number of hydrogen-bond donors (Lipinski definition) is 0. The Hall–Kier alpha value is -1.66. The second kappa shape index (κ2) is 6.69. The molecule has 0 aliphatic rings. The number of hydrogen-bond acceptors (Lipinski definition) is 2. The third-order valence-electron chi connectivity index (χ3n) is 3.96. The Morgan fingerprint density at radius 3 is 2.00 bits per heavy atom. The predicted molar refractivity (Wildman–Crippen MR) is 106 cm³/mol. The number of aryl methyl sites for hydroxylation is 2. The van der Waals surface area contributed by atoms with E-state index in [4.69, 9.17) is 0 Å². The first-order valence-electron chi connectivity index (χ1n) is 7.57. The molecule has 4 heteroatoms. The van der Waals surface area contributed by atoms with E-state index in [1.807, 2.05) is 56.3 Å². The van der Waals surface area contributed by atoms with Gasteiger partial charge in [-0.05, 0) is 77.4 Å². The van der Waals surface area contributed by atoms with Crippen LogP contribution in [-0.4, -0.2) is 8.42 Å². The minimum absolute atomic E-state index is 0.329. The van der Waals surface area contributed by atoms with Gasteiger partial charge in [0.2, 0.25) is 9.84 Å². The maximum Gasteiger partial charge on any atom is 0.206 e. The van der Waals surface area contributed by atoms with Crippen LogP contribution in [0.5, 0.6) is 0 Å². The van der Waals surface area contributed by atoms with Crippen LogP contribution in [0.4, 0.5) is 0 Å². The molecule has 0 saturated heterocycles. The van der Waals surface area contributed by atoms with Gasteiger partial charge in [-0.15, -0.1) is 0 Å². The van der Waals surface area contributed by atoms with E-state index in [2.05, 4.69) is 22.6 Å². The molecule has 0 atom stereocenters. The SMILES string of the molecule is Cc1ccc(S(=O)(=O)c2cc(C)c(-c3ccccc3)c(I)c2)cc1. The smallest absolute Gasteiger partial charge is 0.206 e. The highest BCUT2D eigenvalue weighted by Gasteiger charge is 2.20. The van der Waals surface area contributed by atoms with Gasteiger partial charge in [0.15, 0.2) is 0 Å². The van der Waals surface area contributed by atoms with Crippen LogP contribution in [-0.2, 0) is 9.84 Å². The Labute approximate surface area is 156 Å². The highest BCUT2D eigenvalue weighted by molar-refractivity contribution is 14.1. The molecule has 0 N–H and O–H groups in total. The van der Waals surface area contributed by atoms with Gasteiger partial charge in [-0.25, -0.2) is 8.42 Å². The van der Waals surface area contributed by atoms with Gasteiger partial charge < -0.3 is 0 Å². The Morgan fingerprint density at radius 2 is 1.42 bits per heavy atom. The first kappa shape index (κ1) is 17.2. The molecular weight excluding hydrogens is 431 g/mol. The maximum atomic E-state index is 12.9. The topological polar surface area (TPSA) is 34.1 Å². The monoisotopic (exact) mass is 448 g/mol. The molecule has 122 valence electrons. The van der Waals surface area contributed by atoms with E-state index in [1.54, 1.807) is 24.3 Å². The van der Waals surface area contributed by atoms with Gasteiger partial charge in [-0.3, -0.25) is 0 Å². The summed E-state index contributed by atoms with van der Waals surface area (Å²) in [5, 5.41) is 0. The molecule has 0 spiro atoms. The van der Waals surface area contributed by atoms with Crippen molar-refractivity contribution < 1.29 is 8.42 Å². The number of sulfone groups is 1. The summed E-state index contributed by atoms with van der Waals surface area (Å²) < 4.78 is 26.7. The van der Waals surface area contributed by atoms with Crippen molar-refractivity contribution in [3.05, 3.63) is 81.4 Å². The molecule has 0 aliphatic carbocycles. The van der Waals surface area contributed by atoms with Crippen LogP contribution in [0.2, 0.25) is 0 Å². The Bertz CT molecular complexity index is 953. The lowest BCUT2D eigenvalue weighted by molar-refractivity contribution is 0.596. The molecule has 0 fully saturated rings. The van der Waals surface area contributed by atoms with Crippen molar-refractivity contribution in [2.24, 2.45) is 0 Å². The standard InChI is InChI=1S/C20H17IO2S/c1-14-8-10-17(11-9-14)24(22,23)18-12-15(2)20(19(21)13-18)16-6-4-3-5-7-16/h3-13H,1-2H3. The summed E-state index contributed by atoms with van der Waals surface area (Å²) >= 11 is 2.22. The summed E-state index contributed by atoms with van der Waals surface area (Å²) in [6, 6.07) is 20.5. The van der Waals surface area contributed by atoms with Crippen molar-refractivity contribution in [3.8, 4) is 11.1 Å². The molecular formula is C20H17IO2S. The summed E-state index contributed by atoms with van der Waals surface area (Å²) in [4.78, 5) is 0.670. The molecule has 0 aromatic heterocycles. The average Bonchev–Trinajstić information content (AvgIpc) is 2.55. The lowest BCUT2D eigenvalue weighted by Crippen LogP contribution is -2.04.